The Hall–Kier alpha value is -2.37. The van der Waals surface area contributed by atoms with Crippen molar-refractivity contribution in [1.82, 2.24) is 19.7 Å². The van der Waals surface area contributed by atoms with Crippen LogP contribution in [0.1, 0.15) is 31.3 Å². The summed E-state index contributed by atoms with van der Waals surface area (Å²) in [6, 6.07) is 8.15. The predicted molar refractivity (Wildman–Crippen MR) is 89.4 cm³/mol. The fourth-order valence-corrected chi connectivity index (χ4v) is 2.87. The van der Waals surface area contributed by atoms with E-state index in [4.69, 9.17) is 0 Å². The molecule has 2 heterocycles. The monoisotopic (exact) mass is 313 g/mol. The van der Waals surface area contributed by atoms with Gasteiger partial charge in [0.25, 0.3) is 0 Å². The molecule has 0 atom stereocenters. The first-order valence-corrected chi connectivity index (χ1v) is 8.04. The highest BCUT2D eigenvalue weighted by molar-refractivity contribution is 5.90. The van der Waals surface area contributed by atoms with E-state index in [1.807, 2.05) is 36.1 Å². The number of amides is 2. The largest absolute Gasteiger partial charge is 0.324 e. The first-order chi connectivity index (χ1) is 11.0. The number of nitrogens with zero attached hydrogens (tertiary/aromatic N) is 4. The van der Waals surface area contributed by atoms with Gasteiger partial charge < -0.3 is 14.8 Å². The molecule has 1 saturated heterocycles. The molecule has 1 aromatic heterocycles. The molecule has 0 unspecified atom stereocenters. The maximum atomic E-state index is 12.3. The van der Waals surface area contributed by atoms with Gasteiger partial charge in [-0.3, -0.25) is 0 Å². The van der Waals surface area contributed by atoms with Crippen LogP contribution in [0.3, 0.4) is 0 Å². The number of hydrogen-bond acceptors (Lipinski definition) is 3. The van der Waals surface area contributed by atoms with Crippen molar-refractivity contribution in [2.24, 2.45) is 5.92 Å². The van der Waals surface area contributed by atoms with Crippen LogP contribution in [0.25, 0.3) is 0 Å². The molecular formula is C17H23N5O. The molecule has 2 aromatic rings. The molecule has 3 rings (SSSR count). The number of benzene rings is 1. The molecule has 1 aliphatic heterocycles. The number of carbonyl (C=O) groups excluding carboxylic acids is 1. The minimum absolute atomic E-state index is 0.0270. The molecule has 122 valence electrons. The van der Waals surface area contributed by atoms with E-state index in [2.05, 4.69) is 33.9 Å². The van der Waals surface area contributed by atoms with Crippen LogP contribution in [0.5, 0.6) is 0 Å². The van der Waals surface area contributed by atoms with E-state index in [-0.39, 0.29) is 6.03 Å². The standard InChI is InChI=1S/C17H23N5O/c1-12(2)22-11-18-20-16(22)8-14-9-21(10-14)17(23)19-15-7-5-4-6-13(15)3/h4-7,11-12,14H,8-10H2,1-3H3,(H,19,23). The van der Waals surface area contributed by atoms with E-state index >= 15 is 0 Å². The molecule has 2 amide bonds. The van der Waals surface area contributed by atoms with Crippen molar-refractivity contribution in [2.45, 2.75) is 33.2 Å². The molecule has 0 saturated carbocycles. The topological polar surface area (TPSA) is 63.1 Å². The van der Waals surface area contributed by atoms with Crippen molar-refractivity contribution >= 4 is 11.7 Å². The van der Waals surface area contributed by atoms with Gasteiger partial charge in [-0.25, -0.2) is 4.79 Å². The highest BCUT2D eigenvalue weighted by Gasteiger charge is 2.32. The number of urea groups is 1. The second-order valence-electron chi connectivity index (χ2n) is 6.47. The number of anilines is 1. The van der Waals surface area contributed by atoms with Gasteiger partial charge in [0.05, 0.1) is 0 Å². The Labute approximate surface area is 136 Å². The lowest BCUT2D eigenvalue weighted by atomic mass is 9.96. The number of nitrogens with one attached hydrogen (secondary N) is 1. The van der Waals surface area contributed by atoms with Gasteiger partial charge in [-0.05, 0) is 32.4 Å². The first kappa shape index (κ1) is 15.5. The zero-order valence-corrected chi connectivity index (χ0v) is 13.9. The summed E-state index contributed by atoms with van der Waals surface area (Å²) >= 11 is 0. The van der Waals surface area contributed by atoms with Crippen LogP contribution in [0, 0.1) is 12.8 Å². The van der Waals surface area contributed by atoms with Crippen LogP contribution >= 0.6 is 0 Å². The highest BCUT2D eigenvalue weighted by Crippen LogP contribution is 2.22. The molecule has 6 heteroatoms. The number of hydrogen-bond donors (Lipinski definition) is 1. The summed E-state index contributed by atoms with van der Waals surface area (Å²) in [7, 11) is 0. The van der Waals surface area contributed by atoms with Gasteiger partial charge in [0.2, 0.25) is 0 Å². The third-order valence-electron chi connectivity index (χ3n) is 4.31. The summed E-state index contributed by atoms with van der Waals surface area (Å²) in [5.41, 5.74) is 1.95. The average molecular weight is 313 g/mol. The predicted octanol–water partition coefficient (Wildman–Crippen LogP) is 2.87. The molecule has 0 aliphatic carbocycles. The summed E-state index contributed by atoms with van der Waals surface area (Å²) in [4.78, 5) is 14.1. The molecule has 23 heavy (non-hydrogen) atoms. The van der Waals surface area contributed by atoms with Gasteiger partial charge >= 0.3 is 6.03 Å². The minimum atomic E-state index is -0.0270. The van der Waals surface area contributed by atoms with Crippen LogP contribution in [0.4, 0.5) is 10.5 Å². The molecular weight excluding hydrogens is 290 g/mol. The third kappa shape index (κ3) is 3.36. The number of likely N-dealkylation sites (tertiary alicyclic amines) is 1. The van der Waals surface area contributed by atoms with Crippen LogP contribution in [-0.4, -0.2) is 38.8 Å². The zero-order valence-electron chi connectivity index (χ0n) is 13.9. The second kappa shape index (κ2) is 6.40. The van der Waals surface area contributed by atoms with Gasteiger partial charge in [-0.2, -0.15) is 0 Å². The van der Waals surface area contributed by atoms with Crippen LogP contribution in [0.15, 0.2) is 30.6 Å². The van der Waals surface area contributed by atoms with Crippen molar-refractivity contribution in [3.05, 3.63) is 42.0 Å². The molecule has 0 spiro atoms. The lowest BCUT2D eigenvalue weighted by Crippen LogP contribution is -2.52. The molecule has 1 fully saturated rings. The number of aromatic nitrogens is 3. The van der Waals surface area contributed by atoms with Gasteiger partial charge in [-0.15, -0.1) is 10.2 Å². The maximum Gasteiger partial charge on any atom is 0.321 e. The third-order valence-corrected chi connectivity index (χ3v) is 4.31. The first-order valence-electron chi connectivity index (χ1n) is 8.04. The Morgan fingerprint density at radius 2 is 2.09 bits per heavy atom. The Kier molecular flexibility index (Phi) is 4.32. The summed E-state index contributed by atoms with van der Waals surface area (Å²) in [6.45, 7) is 7.77. The molecule has 1 N–H and O–H groups in total. The molecule has 1 aliphatic rings. The fourth-order valence-electron chi connectivity index (χ4n) is 2.87. The highest BCUT2D eigenvalue weighted by atomic mass is 16.2. The van der Waals surface area contributed by atoms with Gasteiger partial charge in [0.15, 0.2) is 0 Å². The van der Waals surface area contributed by atoms with E-state index < -0.39 is 0 Å². The van der Waals surface area contributed by atoms with E-state index in [1.165, 1.54) is 0 Å². The van der Waals surface area contributed by atoms with Gasteiger partial charge in [0, 0.05) is 37.2 Å². The quantitative estimate of drug-likeness (QED) is 0.944. The smallest absolute Gasteiger partial charge is 0.321 e. The van der Waals surface area contributed by atoms with Crippen molar-refractivity contribution in [3.63, 3.8) is 0 Å². The van der Waals surface area contributed by atoms with Crippen molar-refractivity contribution in [3.8, 4) is 0 Å². The number of carbonyl (C=O) groups is 1. The SMILES string of the molecule is Cc1ccccc1NC(=O)N1CC(Cc2nncn2C(C)C)C1. The van der Waals surface area contributed by atoms with Crippen molar-refractivity contribution in [1.29, 1.82) is 0 Å². The average Bonchev–Trinajstić information content (AvgIpc) is 2.93. The van der Waals surface area contributed by atoms with Crippen molar-refractivity contribution < 1.29 is 4.79 Å². The lowest BCUT2D eigenvalue weighted by molar-refractivity contribution is 0.129. The summed E-state index contributed by atoms with van der Waals surface area (Å²) in [5, 5.41) is 11.2. The van der Waals surface area contributed by atoms with E-state index in [1.54, 1.807) is 6.33 Å². The Morgan fingerprint density at radius 1 is 1.35 bits per heavy atom. The Morgan fingerprint density at radius 3 is 2.78 bits per heavy atom. The summed E-state index contributed by atoms with van der Waals surface area (Å²) < 4.78 is 2.09. The van der Waals surface area contributed by atoms with Crippen LogP contribution < -0.4 is 5.32 Å². The van der Waals surface area contributed by atoms with E-state index in [0.717, 1.165) is 36.6 Å². The number of para-hydroxylation sites is 1. The minimum Gasteiger partial charge on any atom is -0.324 e. The lowest BCUT2D eigenvalue weighted by Gasteiger charge is -2.39. The molecule has 6 nitrogen and oxygen atoms in total. The Balaban J connectivity index is 1.52. The summed E-state index contributed by atoms with van der Waals surface area (Å²) in [6.07, 6.45) is 2.65. The van der Waals surface area contributed by atoms with Gasteiger partial charge in [0.1, 0.15) is 12.2 Å². The second-order valence-corrected chi connectivity index (χ2v) is 6.47. The molecule has 1 aromatic carbocycles. The normalized spacial score (nSPS) is 14.9. The van der Waals surface area contributed by atoms with Crippen LogP contribution in [0.2, 0.25) is 0 Å². The van der Waals surface area contributed by atoms with E-state index in [0.29, 0.717) is 12.0 Å². The zero-order chi connectivity index (χ0) is 16.4. The van der Waals surface area contributed by atoms with E-state index in [9.17, 15) is 4.79 Å². The number of rotatable bonds is 4. The molecule has 0 radical (unpaired) electrons. The maximum absolute atomic E-state index is 12.3. The molecule has 0 bridgehead atoms. The Bertz CT molecular complexity index is 688. The van der Waals surface area contributed by atoms with Gasteiger partial charge in [-0.1, -0.05) is 18.2 Å². The summed E-state index contributed by atoms with van der Waals surface area (Å²) in [5.74, 6) is 1.46. The number of aryl methyl sites for hydroxylation is 1. The van der Waals surface area contributed by atoms with Crippen LogP contribution in [-0.2, 0) is 6.42 Å². The van der Waals surface area contributed by atoms with Crippen molar-refractivity contribution in [2.75, 3.05) is 18.4 Å². The fraction of sp³-hybridized carbons (Fsp3) is 0.471.